The molecule has 25 heavy (non-hydrogen) atoms. The zero-order valence-electron chi connectivity index (χ0n) is 13.6. The van der Waals surface area contributed by atoms with E-state index in [2.05, 4.69) is 38.1 Å². The minimum atomic E-state index is -0.127. The molecule has 3 rings (SSSR count). The highest BCUT2D eigenvalue weighted by Crippen LogP contribution is 2.25. The highest BCUT2D eigenvalue weighted by Gasteiger charge is 2.16. The number of carbonyl (C=O) groups excluding carboxylic acids is 1. The standard InChI is InChI=1S/C16H16IN5O2S/c1-9-7-11(17)3-4-13(9)19-14(23)8-25-16-21-20-15(22(16)18)12-5-6-24-10(12)2/h3-7H,8,18H2,1-2H3,(H,19,23). The number of furan rings is 1. The quantitative estimate of drug-likeness (QED) is 0.338. The van der Waals surface area contributed by atoms with Gasteiger partial charge in [0.1, 0.15) is 5.76 Å². The number of hydrogen-bond donors (Lipinski definition) is 2. The molecular weight excluding hydrogens is 453 g/mol. The van der Waals surface area contributed by atoms with Crippen LogP contribution in [0.1, 0.15) is 11.3 Å². The largest absolute Gasteiger partial charge is 0.469 e. The highest BCUT2D eigenvalue weighted by molar-refractivity contribution is 14.1. The van der Waals surface area contributed by atoms with Crippen molar-refractivity contribution < 1.29 is 9.21 Å². The van der Waals surface area contributed by atoms with Crippen molar-refractivity contribution in [1.29, 1.82) is 0 Å². The zero-order chi connectivity index (χ0) is 18.0. The number of benzene rings is 1. The summed E-state index contributed by atoms with van der Waals surface area (Å²) in [5.41, 5.74) is 2.60. The Morgan fingerprint density at radius 1 is 1.36 bits per heavy atom. The number of aromatic nitrogens is 3. The van der Waals surface area contributed by atoms with E-state index in [9.17, 15) is 4.79 Å². The maximum absolute atomic E-state index is 12.2. The van der Waals surface area contributed by atoms with Gasteiger partial charge in [0.25, 0.3) is 0 Å². The second-order valence-electron chi connectivity index (χ2n) is 5.36. The third-order valence-electron chi connectivity index (χ3n) is 3.56. The fourth-order valence-corrected chi connectivity index (χ4v) is 3.56. The summed E-state index contributed by atoms with van der Waals surface area (Å²) in [5, 5.41) is 11.5. The van der Waals surface area contributed by atoms with E-state index in [1.807, 2.05) is 32.0 Å². The van der Waals surface area contributed by atoms with Crippen LogP contribution >= 0.6 is 34.4 Å². The molecule has 1 aromatic carbocycles. The maximum Gasteiger partial charge on any atom is 0.234 e. The molecule has 0 aliphatic carbocycles. The molecule has 9 heteroatoms. The van der Waals surface area contributed by atoms with Crippen LogP contribution < -0.4 is 11.2 Å². The van der Waals surface area contributed by atoms with E-state index in [1.165, 1.54) is 16.4 Å². The summed E-state index contributed by atoms with van der Waals surface area (Å²) in [5.74, 6) is 7.31. The van der Waals surface area contributed by atoms with Crippen molar-refractivity contribution in [3.63, 3.8) is 0 Å². The number of aryl methyl sites for hydroxylation is 2. The second kappa shape index (κ2) is 7.48. The van der Waals surface area contributed by atoms with E-state index in [-0.39, 0.29) is 11.7 Å². The molecule has 0 radical (unpaired) electrons. The molecule has 0 spiro atoms. The number of halogens is 1. The lowest BCUT2D eigenvalue weighted by atomic mass is 10.2. The van der Waals surface area contributed by atoms with Crippen LogP contribution in [0, 0.1) is 17.4 Å². The summed E-state index contributed by atoms with van der Waals surface area (Å²) < 4.78 is 7.75. The van der Waals surface area contributed by atoms with Crippen LogP contribution in [0.2, 0.25) is 0 Å². The Hall–Kier alpha value is -2.01. The first kappa shape index (κ1) is 17.8. The first-order valence-corrected chi connectivity index (χ1v) is 9.46. The molecule has 3 aromatic rings. The summed E-state index contributed by atoms with van der Waals surface area (Å²) in [4.78, 5) is 12.2. The van der Waals surface area contributed by atoms with Crippen LogP contribution in [-0.2, 0) is 4.79 Å². The topological polar surface area (TPSA) is 99.0 Å². The van der Waals surface area contributed by atoms with Crippen LogP contribution in [0.4, 0.5) is 5.69 Å². The van der Waals surface area contributed by atoms with Gasteiger partial charge in [-0.05, 0) is 66.3 Å². The summed E-state index contributed by atoms with van der Waals surface area (Å²) >= 11 is 3.46. The maximum atomic E-state index is 12.2. The van der Waals surface area contributed by atoms with Crippen LogP contribution in [0.3, 0.4) is 0 Å². The van der Waals surface area contributed by atoms with Crippen molar-refractivity contribution >= 4 is 45.9 Å². The van der Waals surface area contributed by atoms with E-state index in [4.69, 9.17) is 10.3 Å². The lowest BCUT2D eigenvalue weighted by Crippen LogP contribution is -2.17. The molecule has 7 nitrogen and oxygen atoms in total. The van der Waals surface area contributed by atoms with E-state index >= 15 is 0 Å². The first-order valence-electron chi connectivity index (χ1n) is 7.39. The summed E-state index contributed by atoms with van der Waals surface area (Å²) in [6.07, 6.45) is 1.57. The molecule has 3 N–H and O–H groups in total. The average molecular weight is 469 g/mol. The van der Waals surface area contributed by atoms with Gasteiger partial charge in [0.2, 0.25) is 11.1 Å². The molecule has 2 aromatic heterocycles. The van der Waals surface area contributed by atoms with E-state index in [1.54, 1.807) is 12.3 Å². The van der Waals surface area contributed by atoms with Crippen molar-refractivity contribution in [2.45, 2.75) is 19.0 Å². The molecule has 0 atom stereocenters. The van der Waals surface area contributed by atoms with Crippen LogP contribution in [0.15, 0.2) is 40.1 Å². The zero-order valence-corrected chi connectivity index (χ0v) is 16.6. The Morgan fingerprint density at radius 3 is 2.84 bits per heavy atom. The van der Waals surface area contributed by atoms with Gasteiger partial charge in [0, 0.05) is 9.26 Å². The molecule has 0 aliphatic heterocycles. The summed E-state index contributed by atoms with van der Waals surface area (Å²) in [6.45, 7) is 3.79. The number of nitrogens with zero attached hydrogens (tertiary/aromatic N) is 3. The molecule has 0 saturated carbocycles. The van der Waals surface area contributed by atoms with Gasteiger partial charge >= 0.3 is 0 Å². The Bertz CT molecular complexity index is 921. The number of anilines is 1. The van der Waals surface area contributed by atoms with Crippen molar-refractivity contribution in [3.8, 4) is 11.4 Å². The van der Waals surface area contributed by atoms with Crippen molar-refractivity contribution in [3.05, 3.63) is 45.4 Å². The van der Waals surface area contributed by atoms with Crippen LogP contribution in [-0.4, -0.2) is 26.5 Å². The number of nitrogen functional groups attached to an aromatic ring is 1. The Balaban J connectivity index is 1.65. The number of nitrogens with one attached hydrogen (secondary N) is 1. The number of carbonyl (C=O) groups is 1. The molecule has 0 aliphatic rings. The molecule has 0 bridgehead atoms. The van der Waals surface area contributed by atoms with Crippen molar-refractivity contribution in [1.82, 2.24) is 14.9 Å². The Kier molecular flexibility index (Phi) is 5.33. The lowest BCUT2D eigenvalue weighted by molar-refractivity contribution is -0.113. The second-order valence-corrected chi connectivity index (χ2v) is 7.55. The smallest absolute Gasteiger partial charge is 0.234 e. The number of nitrogens with two attached hydrogens (primary N) is 1. The summed E-state index contributed by atoms with van der Waals surface area (Å²) in [6, 6.07) is 7.64. The van der Waals surface area contributed by atoms with Gasteiger partial charge in [-0.25, -0.2) is 4.68 Å². The van der Waals surface area contributed by atoms with Gasteiger partial charge in [-0.15, -0.1) is 10.2 Å². The number of amides is 1. The molecule has 0 unspecified atom stereocenters. The fourth-order valence-electron chi connectivity index (χ4n) is 2.26. The van der Waals surface area contributed by atoms with Gasteiger partial charge in [0.15, 0.2) is 5.82 Å². The highest BCUT2D eigenvalue weighted by atomic mass is 127. The van der Waals surface area contributed by atoms with Crippen LogP contribution in [0.5, 0.6) is 0 Å². The van der Waals surface area contributed by atoms with Gasteiger partial charge in [-0.2, -0.15) is 0 Å². The van der Waals surface area contributed by atoms with Gasteiger partial charge in [0.05, 0.1) is 17.6 Å². The third kappa shape index (κ3) is 3.98. The molecule has 1 amide bonds. The number of rotatable bonds is 5. The van der Waals surface area contributed by atoms with E-state index in [0.717, 1.165) is 20.4 Å². The number of hydrogen-bond acceptors (Lipinski definition) is 6. The molecule has 0 fully saturated rings. The normalized spacial score (nSPS) is 10.8. The van der Waals surface area contributed by atoms with Gasteiger partial charge in [-0.3, -0.25) is 4.79 Å². The monoisotopic (exact) mass is 469 g/mol. The predicted molar refractivity (Wildman–Crippen MR) is 106 cm³/mol. The van der Waals surface area contributed by atoms with Gasteiger partial charge in [-0.1, -0.05) is 11.8 Å². The molecule has 130 valence electrons. The Labute approximate surface area is 162 Å². The minimum absolute atomic E-state index is 0.127. The lowest BCUT2D eigenvalue weighted by Gasteiger charge is -2.08. The third-order valence-corrected chi connectivity index (χ3v) is 5.17. The molecule has 2 heterocycles. The minimum Gasteiger partial charge on any atom is -0.469 e. The van der Waals surface area contributed by atoms with Crippen molar-refractivity contribution in [2.75, 3.05) is 16.9 Å². The Morgan fingerprint density at radius 2 is 2.16 bits per heavy atom. The fraction of sp³-hybridized carbons (Fsp3) is 0.188. The molecule has 0 saturated heterocycles. The predicted octanol–water partition coefficient (Wildman–Crippen LogP) is 3.20. The van der Waals surface area contributed by atoms with Gasteiger partial charge < -0.3 is 15.6 Å². The molecular formula is C16H16IN5O2S. The first-order chi connectivity index (χ1) is 12.0. The average Bonchev–Trinajstić information content (AvgIpc) is 3.14. The SMILES string of the molecule is Cc1cc(I)ccc1NC(=O)CSc1nnc(-c2ccoc2C)n1N. The van der Waals surface area contributed by atoms with E-state index in [0.29, 0.717) is 16.7 Å². The summed E-state index contributed by atoms with van der Waals surface area (Å²) in [7, 11) is 0. The number of thioether (sulfide) groups is 1. The van der Waals surface area contributed by atoms with Crippen LogP contribution in [0.25, 0.3) is 11.4 Å². The van der Waals surface area contributed by atoms with E-state index < -0.39 is 0 Å². The van der Waals surface area contributed by atoms with Crippen molar-refractivity contribution in [2.24, 2.45) is 0 Å².